The molecule has 0 aromatic heterocycles. The highest BCUT2D eigenvalue weighted by Crippen LogP contribution is 1.80. The second-order valence-corrected chi connectivity index (χ2v) is 1.49. The minimum Gasteiger partial charge on any atom is -0.465 e. The third kappa shape index (κ3) is 4.65. The fourth-order valence-corrected chi connectivity index (χ4v) is 0.413. The lowest BCUT2D eigenvalue weighted by molar-refractivity contribution is 0.197. The number of hydrogen-bond acceptors (Lipinski definition) is 1. The minimum atomic E-state index is -1.05. The predicted molar refractivity (Wildman–Crippen MR) is 34.1 cm³/mol. The van der Waals surface area contributed by atoms with E-state index >= 15 is 0 Å². The summed E-state index contributed by atoms with van der Waals surface area (Å²) in [6.07, 6.45) is 0.590. The fraction of sp³-hybridized carbons (Fsp3) is 0.333. The molecule has 0 spiro atoms. The molecule has 0 aliphatic rings. The first-order valence-electron chi connectivity index (χ1n) is 2.54. The highest BCUT2D eigenvalue weighted by molar-refractivity contribution is 5.66. The first-order chi connectivity index (χ1) is 4.16. The fourth-order valence-electron chi connectivity index (χ4n) is 0.413. The van der Waals surface area contributed by atoms with E-state index in [9.17, 15) is 4.79 Å². The lowest BCUT2D eigenvalue weighted by atomic mass is 10.5. The van der Waals surface area contributed by atoms with E-state index in [1.54, 1.807) is 19.9 Å². The molecule has 0 radical (unpaired) electrons. The molecule has 0 saturated carbocycles. The molecule has 0 bridgehead atoms. The summed E-state index contributed by atoms with van der Waals surface area (Å²) in [6, 6.07) is 0. The van der Waals surface area contributed by atoms with Gasteiger partial charge in [0.1, 0.15) is 0 Å². The van der Waals surface area contributed by atoms with Gasteiger partial charge >= 0.3 is 6.09 Å². The van der Waals surface area contributed by atoms with Crippen LogP contribution in [-0.4, -0.2) is 11.2 Å². The van der Waals surface area contributed by atoms with Crippen molar-refractivity contribution in [2.24, 2.45) is 0 Å². The Balaban J connectivity index is 3.92. The molecule has 9 heavy (non-hydrogen) atoms. The molecule has 0 aliphatic carbocycles. The van der Waals surface area contributed by atoms with Crippen LogP contribution >= 0.6 is 0 Å². The molecule has 3 heteroatoms. The Morgan fingerprint density at radius 1 is 1.78 bits per heavy atom. The molecule has 0 atom stereocenters. The molecule has 3 nitrogen and oxygen atoms in total. The Morgan fingerprint density at radius 3 is 2.67 bits per heavy atom. The highest BCUT2D eigenvalue weighted by Gasteiger charge is 1.90. The van der Waals surface area contributed by atoms with E-state index in [0.29, 0.717) is 5.70 Å². The molecule has 0 rings (SSSR count). The van der Waals surface area contributed by atoms with Gasteiger partial charge in [-0.1, -0.05) is 0 Å². The zero-order valence-corrected chi connectivity index (χ0v) is 5.43. The van der Waals surface area contributed by atoms with E-state index in [1.807, 2.05) is 0 Å². The van der Waals surface area contributed by atoms with E-state index in [1.165, 1.54) is 0 Å². The van der Waals surface area contributed by atoms with Crippen LogP contribution in [0.1, 0.15) is 13.8 Å². The number of carbonyl (C=O) groups is 1. The van der Waals surface area contributed by atoms with E-state index in [4.69, 9.17) is 5.11 Å². The minimum absolute atomic E-state index is 0.505. The SMILES string of the molecule is CC=C=C(C)NC(=O)O. The molecule has 0 aromatic rings. The lowest BCUT2D eigenvalue weighted by Gasteiger charge is -1.92. The van der Waals surface area contributed by atoms with Gasteiger partial charge in [-0.2, -0.15) is 0 Å². The van der Waals surface area contributed by atoms with Crippen molar-refractivity contribution in [2.75, 3.05) is 0 Å². The quantitative estimate of drug-likeness (QED) is 0.522. The van der Waals surface area contributed by atoms with Crippen LogP contribution in [0.5, 0.6) is 0 Å². The predicted octanol–water partition coefficient (Wildman–Crippen LogP) is 1.33. The number of carboxylic acid groups (broad SMARTS) is 1. The first kappa shape index (κ1) is 7.79. The molecular weight excluding hydrogens is 118 g/mol. The summed E-state index contributed by atoms with van der Waals surface area (Å²) in [6.45, 7) is 3.40. The Kier molecular flexibility index (Phi) is 3.25. The van der Waals surface area contributed by atoms with Crippen molar-refractivity contribution < 1.29 is 9.90 Å². The van der Waals surface area contributed by atoms with Crippen molar-refractivity contribution in [1.29, 1.82) is 0 Å². The Labute approximate surface area is 53.7 Å². The van der Waals surface area contributed by atoms with Crippen LogP contribution in [0.2, 0.25) is 0 Å². The molecule has 0 aromatic carbocycles. The van der Waals surface area contributed by atoms with Crippen LogP contribution in [0.15, 0.2) is 17.5 Å². The molecule has 0 aliphatic heterocycles. The molecular formula is C6H9NO2. The Morgan fingerprint density at radius 2 is 2.33 bits per heavy atom. The average Bonchev–Trinajstić information content (AvgIpc) is 1.63. The molecule has 0 fully saturated rings. The zero-order valence-electron chi connectivity index (χ0n) is 5.43. The number of allylic oxidation sites excluding steroid dienone is 1. The van der Waals surface area contributed by atoms with E-state index in [0.717, 1.165) is 0 Å². The molecule has 50 valence electrons. The summed E-state index contributed by atoms with van der Waals surface area (Å²) in [4.78, 5) is 9.90. The molecule has 0 unspecified atom stereocenters. The van der Waals surface area contributed by atoms with Gasteiger partial charge in [-0.15, -0.1) is 5.73 Å². The zero-order chi connectivity index (χ0) is 7.28. The standard InChI is InChI=1S/C6H9NO2/c1-3-4-5(2)7-6(8)9/h3,7H,1-2H3,(H,8,9). The third-order valence-electron chi connectivity index (χ3n) is 0.655. The smallest absolute Gasteiger partial charge is 0.409 e. The maximum Gasteiger partial charge on any atom is 0.409 e. The normalized spacial score (nSPS) is 7.33. The van der Waals surface area contributed by atoms with Crippen molar-refractivity contribution in [1.82, 2.24) is 5.32 Å². The number of amides is 1. The van der Waals surface area contributed by atoms with E-state index in [-0.39, 0.29) is 0 Å². The van der Waals surface area contributed by atoms with Gasteiger partial charge in [0.2, 0.25) is 0 Å². The number of rotatable bonds is 1. The summed E-state index contributed by atoms with van der Waals surface area (Å²) in [7, 11) is 0. The van der Waals surface area contributed by atoms with Crippen LogP contribution in [0.25, 0.3) is 0 Å². The maximum atomic E-state index is 9.90. The lowest BCUT2D eigenvalue weighted by Crippen LogP contribution is -2.17. The summed E-state index contributed by atoms with van der Waals surface area (Å²) in [5.74, 6) is 0. The molecule has 1 amide bonds. The van der Waals surface area contributed by atoms with E-state index in [2.05, 4.69) is 11.0 Å². The number of hydrogen-bond donors (Lipinski definition) is 2. The van der Waals surface area contributed by atoms with Gasteiger partial charge in [0, 0.05) is 0 Å². The van der Waals surface area contributed by atoms with Gasteiger partial charge in [0.25, 0.3) is 0 Å². The average molecular weight is 127 g/mol. The van der Waals surface area contributed by atoms with Gasteiger partial charge < -0.3 is 5.11 Å². The van der Waals surface area contributed by atoms with Gasteiger partial charge in [0.15, 0.2) is 0 Å². The van der Waals surface area contributed by atoms with Crippen LogP contribution in [0, 0.1) is 0 Å². The van der Waals surface area contributed by atoms with Crippen LogP contribution in [0.3, 0.4) is 0 Å². The van der Waals surface area contributed by atoms with Crippen molar-refractivity contribution in [3.63, 3.8) is 0 Å². The highest BCUT2D eigenvalue weighted by atomic mass is 16.4. The van der Waals surface area contributed by atoms with Crippen LogP contribution in [0.4, 0.5) is 4.79 Å². The Hall–Kier alpha value is -1.21. The molecule has 2 N–H and O–H groups in total. The summed E-state index contributed by atoms with van der Waals surface area (Å²) < 4.78 is 0. The van der Waals surface area contributed by atoms with Gasteiger partial charge in [0.05, 0.1) is 5.70 Å². The van der Waals surface area contributed by atoms with Crippen molar-refractivity contribution in [3.05, 3.63) is 17.5 Å². The van der Waals surface area contributed by atoms with Crippen LogP contribution in [-0.2, 0) is 0 Å². The maximum absolute atomic E-state index is 9.90. The third-order valence-corrected chi connectivity index (χ3v) is 0.655. The summed E-state index contributed by atoms with van der Waals surface area (Å²) >= 11 is 0. The Bertz CT molecular complexity index is 166. The second kappa shape index (κ2) is 3.75. The number of nitrogens with one attached hydrogen (secondary N) is 1. The molecule has 0 saturated heterocycles. The van der Waals surface area contributed by atoms with E-state index < -0.39 is 6.09 Å². The summed E-state index contributed by atoms with van der Waals surface area (Å²) in [5, 5.41) is 10.3. The summed E-state index contributed by atoms with van der Waals surface area (Å²) in [5.41, 5.74) is 3.18. The van der Waals surface area contributed by atoms with Crippen LogP contribution < -0.4 is 5.32 Å². The van der Waals surface area contributed by atoms with Gasteiger partial charge in [-0.3, -0.25) is 5.32 Å². The van der Waals surface area contributed by atoms with Gasteiger partial charge in [-0.05, 0) is 19.9 Å². The largest absolute Gasteiger partial charge is 0.465 e. The second-order valence-electron chi connectivity index (χ2n) is 1.49. The van der Waals surface area contributed by atoms with Crippen molar-refractivity contribution in [3.8, 4) is 0 Å². The molecule has 0 heterocycles. The van der Waals surface area contributed by atoms with Crippen molar-refractivity contribution >= 4 is 6.09 Å². The monoisotopic (exact) mass is 127 g/mol. The van der Waals surface area contributed by atoms with Crippen molar-refractivity contribution in [2.45, 2.75) is 13.8 Å². The topological polar surface area (TPSA) is 49.3 Å². The first-order valence-corrected chi connectivity index (χ1v) is 2.54. The van der Waals surface area contributed by atoms with Gasteiger partial charge in [-0.25, -0.2) is 4.79 Å².